The maximum atomic E-state index is 14.4. The standard InChI is InChI=1S/C42H78N8O8S/c1-14-19-34(51)47(11)33(26-59-23-18-22-50-20-16-15-17-21-50)40(56)49(13)32(25-42(8,9)58)39(55)46-35(28(4)5)41(57)48(12)31(24-27(2)3)38(54)45-30(7)37(53)44-29(6)36(52)43-10/h27-33,35,58H,14-26H2,1-13H3,(H,43,52)(H,44,53)(H,45,54)(H,46,55)/t29-,30-,31+,32+,33-,35+/m1/s1. The Kier molecular flexibility index (Phi) is 23.6. The highest BCUT2D eigenvalue weighted by atomic mass is 32.2. The number of carbonyl (C=O) groups is 7. The van der Waals surface area contributed by atoms with E-state index in [9.17, 15) is 38.7 Å². The van der Waals surface area contributed by atoms with Gasteiger partial charge in [-0.05, 0) is 97.0 Å². The van der Waals surface area contributed by atoms with Gasteiger partial charge in [0.1, 0.15) is 36.3 Å². The number of hydrogen-bond acceptors (Lipinski definition) is 10. The third-order valence-electron chi connectivity index (χ3n) is 10.7. The van der Waals surface area contributed by atoms with E-state index in [1.54, 1.807) is 32.7 Å². The van der Waals surface area contributed by atoms with Crippen LogP contribution >= 0.6 is 11.8 Å². The molecule has 0 aliphatic carbocycles. The van der Waals surface area contributed by atoms with Gasteiger partial charge < -0.3 is 46.0 Å². The quantitative estimate of drug-likeness (QED) is 0.0847. The molecule has 1 aliphatic rings. The lowest BCUT2D eigenvalue weighted by Gasteiger charge is -2.38. The van der Waals surface area contributed by atoms with E-state index in [1.807, 2.05) is 20.8 Å². The zero-order valence-electron chi connectivity index (χ0n) is 38.3. The Hall–Kier alpha value is -3.44. The van der Waals surface area contributed by atoms with Crippen molar-refractivity contribution in [1.29, 1.82) is 0 Å². The number of rotatable bonds is 25. The van der Waals surface area contributed by atoms with Crippen LogP contribution in [0.25, 0.3) is 0 Å². The van der Waals surface area contributed by atoms with Crippen LogP contribution in [0.15, 0.2) is 0 Å². The second-order valence-electron chi connectivity index (χ2n) is 17.5. The number of piperidine rings is 1. The molecule has 6 atom stereocenters. The van der Waals surface area contributed by atoms with Crippen LogP contribution in [0.1, 0.15) is 114 Å². The molecular formula is C42H78N8O8S. The van der Waals surface area contributed by atoms with Gasteiger partial charge in [0.05, 0.1) is 5.60 Å². The Morgan fingerprint density at radius 3 is 1.80 bits per heavy atom. The van der Waals surface area contributed by atoms with E-state index >= 15 is 0 Å². The van der Waals surface area contributed by atoms with Gasteiger partial charge in [0.15, 0.2) is 0 Å². The molecule has 7 amide bonds. The predicted molar refractivity (Wildman–Crippen MR) is 233 cm³/mol. The van der Waals surface area contributed by atoms with Crippen molar-refractivity contribution < 1.29 is 38.7 Å². The van der Waals surface area contributed by atoms with E-state index in [4.69, 9.17) is 0 Å². The first-order chi connectivity index (χ1) is 27.5. The SMILES string of the molecule is CCCC(=O)N(C)[C@H](CSCCCN1CCCCC1)C(=O)N(C)[C@@H](CC(C)(C)O)C(=O)N[C@H](C(=O)N(C)[C@@H](CC(C)C)C(=O)N[C@H](C)C(=O)N[C@H](C)C(=O)NC)C(C)C. The minimum atomic E-state index is -1.39. The average molecular weight is 855 g/mol. The van der Waals surface area contributed by atoms with Gasteiger partial charge in [-0.25, -0.2) is 0 Å². The second kappa shape index (κ2) is 26.0. The zero-order chi connectivity index (χ0) is 45.2. The number of hydrogen-bond donors (Lipinski definition) is 5. The van der Waals surface area contributed by atoms with E-state index in [2.05, 4.69) is 26.2 Å². The molecule has 59 heavy (non-hydrogen) atoms. The topological polar surface area (TPSA) is 201 Å². The van der Waals surface area contributed by atoms with Crippen LogP contribution < -0.4 is 21.3 Å². The number of amides is 7. The van der Waals surface area contributed by atoms with Crippen LogP contribution in [0, 0.1) is 11.8 Å². The Balaban J connectivity index is 3.33. The zero-order valence-corrected chi connectivity index (χ0v) is 39.1. The maximum absolute atomic E-state index is 14.4. The molecule has 0 saturated carbocycles. The first-order valence-corrected chi connectivity index (χ1v) is 22.6. The van der Waals surface area contributed by atoms with Gasteiger partial charge in [0.2, 0.25) is 41.4 Å². The van der Waals surface area contributed by atoms with Gasteiger partial charge >= 0.3 is 0 Å². The maximum Gasteiger partial charge on any atom is 0.246 e. The van der Waals surface area contributed by atoms with Crippen molar-refractivity contribution in [2.24, 2.45) is 11.8 Å². The fourth-order valence-corrected chi connectivity index (χ4v) is 8.06. The minimum Gasteiger partial charge on any atom is -0.390 e. The summed E-state index contributed by atoms with van der Waals surface area (Å²) in [5, 5.41) is 21.5. The molecular weight excluding hydrogens is 777 g/mol. The molecule has 0 bridgehead atoms. The molecule has 5 N–H and O–H groups in total. The van der Waals surface area contributed by atoms with Crippen molar-refractivity contribution in [3.63, 3.8) is 0 Å². The van der Waals surface area contributed by atoms with E-state index in [-0.39, 0.29) is 31.1 Å². The number of thioether (sulfide) groups is 1. The first-order valence-electron chi connectivity index (χ1n) is 21.4. The fourth-order valence-electron chi connectivity index (χ4n) is 6.97. The Morgan fingerprint density at radius 1 is 0.729 bits per heavy atom. The molecule has 0 aromatic carbocycles. The van der Waals surface area contributed by atoms with Crippen LogP contribution in [0.2, 0.25) is 0 Å². The molecule has 1 fully saturated rings. The molecule has 0 radical (unpaired) electrons. The van der Waals surface area contributed by atoms with Crippen LogP contribution in [0.5, 0.6) is 0 Å². The van der Waals surface area contributed by atoms with E-state index < -0.39 is 83.2 Å². The summed E-state index contributed by atoms with van der Waals surface area (Å²) < 4.78 is 0. The van der Waals surface area contributed by atoms with Crippen molar-refractivity contribution in [2.45, 2.75) is 156 Å². The van der Waals surface area contributed by atoms with Gasteiger partial charge in [-0.3, -0.25) is 33.6 Å². The normalized spacial score (nSPS) is 16.5. The van der Waals surface area contributed by atoms with Gasteiger partial charge in [0.25, 0.3) is 0 Å². The fraction of sp³-hybridized carbons (Fsp3) is 0.833. The monoisotopic (exact) mass is 855 g/mol. The van der Waals surface area contributed by atoms with Crippen molar-refractivity contribution in [2.75, 3.05) is 59.3 Å². The molecule has 0 spiro atoms. The van der Waals surface area contributed by atoms with Crippen LogP contribution in [-0.2, 0) is 33.6 Å². The molecule has 340 valence electrons. The molecule has 1 rings (SSSR count). The lowest BCUT2D eigenvalue weighted by molar-refractivity contribution is -0.149. The van der Waals surface area contributed by atoms with E-state index in [1.165, 1.54) is 82.8 Å². The first kappa shape index (κ1) is 53.6. The number of likely N-dealkylation sites (tertiary alicyclic amines) is 1. The highest BCUT2D eigenvalue weighted by Crippen LogP contribution is 2.22. The highest BCUT2D eigenvalue weighted by molar-refractivity contribution is 7.99. The number of nitrogens with zero attached hydrogens (tertiary/aromatic N) is 4. The number of aliphatic hydroxyl groups is 1. The van der Waals surface area contributed by atoms with Crippen molar-refractivity contribution in [1.82, 2.24) is 40.9 Å². The summed E-state index contributed by atoms with van der Waals surface area (Å²) in [7, 11) is 6.01. The molecule has 0 aromatic heterocycles. The molecule has 1 heterocycles. The van der Waals surface area contributed by atoms with Crippen molar-refractivity contribution in [3.05, 3.63) is 0 Å². The number of likely N-dealkylation sites (N-methyl/N-ethyl adjacent to an activating group) is 4. The number of nitrogens with one attached hydrogen (secondary N) is 4. The number of carbonyl (C=O) groups excluding carboxylic acids is 7. The average Bonchev–Trinajstić information content (AvgIpc) is 3.17. The molecule has 0 unspecified atom stereocenters. The summed E-state index contributed by atoms with van der Waals surface area (Å²) in [5.41, 5.74) is -1.39. The molecule has 0 aromatic rings. The lowest BCUT2D eigenvalue weighted by Crippen LogP contribution is -2.61. The van der Waals surface area contributed by atoms with Gasteiger partial charge in [-0.15, -0.1) is 0 Å². The minimum absolute atomic E-state index is 0.0376. The Labute approximate surface area is 358 Å². The van der Waals surface area contributed by atoms with Crippen LogP contribution in [-0.4, -0.2) is 167 Å². The summed E-state index contributed by atoms with van der Waals surface area (Å²) in [4.78, 5) is 101. The van der Waals surface area contributed by atoms with Gasteiger partial charge in [-0.1, -0.05) is 41.0 Å². The van der Waals surface area contributed by atoms with Crippen molar-refractivity contribution >= 4 is 53.1 Å². The van der Waals surface area contributed by atoms with E-state index in [0.717, 1.165) is 31.8 Å². The highest BCUT2D eigenvalue weighted by Gasteiger charge is 2.40. The second-order valence-corrected chi connectivity index (χ2v) is 18.6. The summed E-state index contributed by atoms with van der Waals surface area (Å²) in [6, 6.07) is -6.08. The smallest absolute Gasteiger partial charge is 0.246 e. The third kappa shape index (κ3) is 18.4. The predicted octanol–water partition coefficient (Wildman–Crippen LogP) is 1.98. The van der Waals surface area contributed by atoms with Gasteiger partial charge in [-0.2, -0.15) is 11.8 Å². The Bertz CT molecular complexity index is 1390. The summed E-state index contributed by atoms with van der Waals surface area (Å²) in [6.45, 7) is 18.4. The summed E-state index contributed by atoms with van der Waals surface area (Å²) in [6.07, 6.45) is 5.60. The third-order valence-corrected chi connectivity index (χ3v) is 11.8. The summed E-state index contributed by atoms with van der Waals surface area (Å²) >= 11 is 1.59. The van der Waals surface area contributed by atoms with Crippen LogP contribution in [0.3, 0.4) is 0 Å². The summed E-state index contributed by atoms with van der Waals surface area (Å²) in [5.74, 6) is -2.78. The lowest BCUT2D eigenvalue weighted by atomic mass is 9.95. The molecule has 1 saturated heterocycles. The Morgan fingerprint density at radius 2 is 1.27 bits per heavy atom. The largest absolute Gasteiger partial charge is 0.390 e. The van der Waals surface area contributed by atoms with Gasteiger partial charge in [0, 0.05) is 46.8 Å². The van der Waals surface area contributed by atoms with E-state index in [0.29, 0.717) is 12.2 Å². The van der Waals surface area contributed by atoms with Crippen LogP contribution in [0.4, 0.5) is 0 Å². The molecule has 17 heteroatoms. The molecule has 1 aliphatic heterocycles. The molecule has 16 nitrogen and oxygen atoms in total. The van der Waals surface area contributed by atoms with Crippen molar-refractivity contribution in [3.8, 4) is 0 Å².